The molecule has 0 fully saturated rings. The van der Waals surface area contributed by atoms with Crippen LogP contribution in [0.2, 0.25) is 0 Å². The van der Waals surface area contributed by atoms with Crippen LogP contribution in [0.1, 0.15) is 45.4 Å². The van der Waals surface area contributed by atoms with Gasteiger partial charge in [-0.05, 0) is 19.3 Å². The van der Waals surface area contributed by atoms with E-state index in [4.69, 9.17) is 14.2 Å². The molecule has 4 nitrogen and oxygen atoms in total. The average molecular weight is 256 g/mol. The Morgan fingerprint density at radius 1 is 1.50 bits per heavy atom. The summed E-state index contributed by atoms with van der Waals surface area (Å²) in [6.45, 7) is 2.36. The summed E-state index contributed by atoms with van der Waals surface area (Å²) in [5, 5.41) is 0. The van der Waals surface area contributed by atoms with Crippen LogP contribution in [0.15, 0.2) is 12.2 Å². The highest BCUT2D eigenvalue weighted by molar-refractivity contribution is 5.69. The van der Waals surface area contributed by atoms with Crippen LogP contribution in [-0.2, 0) is 19.0 Å². The van der Waals surface area contributed by atoms with Crippen LogP contribution < -0.4 is 0 Å². The third kappa shape index (κ3) is 6.17. The summed E-state index contributed by atoms with van der Waals surface area (Å²) in [7, 11) is 1.60. The van der Waals surface area contributed by atoms with Crippen LogP contribution in [0.25, 0.3) is 0 Å². The second-order valence-corrected chi connectivity index (χ2v) is 4.57. The highest BCUT2D eigenvalue weighted by Gasteiger charge is 2.19. The zero-order valence-corrected chi connectivity index (χ0v) is 11.4. The molecule has 0 bridgehead atoms. The molecule has 0 spiro atoms. The number of esters is 1. The van der Waals surface area contributed by atoms with Gasteiger partial charge in [-0.3, -0.25) is 4.79 Å². The fourth-order valence-electron chi connectivity index (χ4n) is 2.02. The summed E-state index contributed by atoms with van der Waals surface area (Å²) in [5.41, 5.74) is 0. The second-order valence-electron chi connectivity index (χ2n) is 4.57. The van der Waals surface area contributed by atoms with Crippen molar-refractivity contribution in [2.75, 3.05) is 13.9 Å². The van der Waals surface area contributed by atoms with E-state index in [1.165, 1.54) is 0 Å². The number of carbonyl (C=O) groups excluding carboxylic acids is 1. The molecule has 18 heavy (non-hydrogen) atoms. The molecule has 1 rings (SSSR count). The van der Waals surface area contributed by atoms with E-state index in [0.29, 0.717) is 12.8 Å². The number of hydrogen-bond donors (Lipinski definition) is 0. The van der Waals surface area contributed by atoms with Crippen molar-refractivity contribution in [3.8, 4) is 0 Å². The molecule has 4 heteroatoms. The monoisotopic (exact) mass is 256 g/mol. The van der Waals surface area contributed by atoms with Gasteiger partial charge in [-0.2, -0.15) is 0 Å². The molecule has 104 valence electrons. The average Bonchev–Trinajstić information content (AvgIpc) is 2.35. The van der Waals surface area contributed by atoms with Gasteiger partial charge in [0.1, 0.15) is 12.9 Å². The zero-order valence-electron chi connectivity index (χ0n) is 11.4. The number of allylic oxidation sites excluding steroid dienone is 1. The topological polar surface area (TPSA) is 44.8 Å². The Morgan fingerprint density at radius 3 is 3.06 bits per heavy atom. The van der Waals surface area contributed by atoms with Crippen molar-refractivity contribution in [1.82, 2.24) is 0 Å². The Labute approximate surface area is 109 Å². The van der Waals surface area contributed by atoms with Crippen molar-refractivity contribution >= 4 is 5.97 Å². The maximum Gasteiger partial charge on any atom is 0.306 e. The van der Waals surface area contributed by atoms with Crippen molar-refractivity contribution in [1.29, 1.82) is 0 Å². The van der Waals surface area contributed by atoms with Crippen LogP contribution in [0.3, 0.4) is 0 Å². The summed E-state index contributed by atoms with van der Waals surface area (Å²) in [6.07, 6.45) is 8.88. The smallest absolute Gasteiger partial charge is 0.306 e. The van der Waals surface area contributed by atoms with Crippen molar-refractivity contribution in [3.63, 3.8) is 0 Å². The summed E-state index contributed by atoms with van der Waals surface area (Å²) in [4.78, 5) is 11.6. The lowest BCUT2D eigenvalue weighted by molar-refractivity contribution is -0.152. The van der Waals surface area contributed by atoms with Gasteiger partial charge in [-0.1, -0.05) is 25.5 Å². The van der Waals surface area contributed by atoms with Gasteiger partial charge in [0.2, 0.25) is 0 Å². The number of rotatable bonds is 5. The minimum Gasteiger partial charge on any atom is -0.462 e. The van der Waals surface area contributed by atoms with Crippen molar-refractivity contribution in [2.45, 2.75) is 57.7 Å². The minimum atomic E-state index is -0.0887. The molecule has 1 aliphatic heterocycles. The molecule has 0 aromatic rings. The zero-order chi connectivity index (χ0) is 13.2. The number of carbonyl (C=O) groups is 1. The van der Waals surface area contributed by atoms with E-state index in [1.54, 1.807) is 7.11 Å². The van der Waals surface area contributed by atoms with Crippen molar-refractivity contribution < 1.29 is 19.0 Å². The van der Waals surface area contributed by atoms with E-state index in [1.807, 2.05) is 0 Å². The number of cyclic esters (lactones) is 1. The first kappa shape index (κ1) is 15.2. The van der Waals surface area contributed by atoms with E-state index >= 15 is 0 Å². The van der Waals surface area contributed by atoms with Gasteiger partial charge < -0.3 is 14.2 Å². The fraction of sp³-hybridized carbons (Fsp3) is 0.786. The SMILES string of the molecule is CCC[C@@H]1C[C@H](OCOC)/C=C/CCCC(=O)O1. The molecule has 0 aromatic heterocycles. The molecular weight excluding hydrogens is 232 g/mol. The molecule has 0 aliphatic carbocycles. The molecular formula is C14H24O4. The summed E-state index contributed by atoms with van der Waals surface area (Å²) >= 11 is 0. The van der Waals surface area contributed by atoms with Crippen LogP contribution in [-0.4, -0.2) is 32.1 Å². The van der Waals surface area contributed by atoms with Crippen LogP contribution in [0.5, 0.6) is 0 Å². The molecule has 0 aromatic carbocycles. The first-order chi connectivity index (χ1) is 8.76. The van der Waals surface area contributed by atoms with E-state index in [2.05, 4.69) is 19.1 Å². The van der Waals surface area contributed by atoms with Gasteiger partial charge in [-0.25, -0.2) is 0 Å². The van der Waals surface area contributed by atoms with Gasteiger partial charge >= 0.3 is 5.97 Å². The van der Waals surface area contributed by atoms with Crippen LogP contribution in [0, 0.1) is 0 Å². The summed E-state index contributed by atoms with van der Waals surface area (Å²) in [6, 6.07) is 0. The van der Waals surface area contributed by atoms with Gasteiger partial charge in [0, 0.05) is 20.0 Å². The molecule has 1 aliphatic rings. The minimum absolute atomic E-state index is 0.0348. The van der Waals surface area contributed by atoms with Crippen molar-refractivity contribution in [3.05, 3.63) is 12.2 Å². The Hall–Kier alpha value is -0.870. The van der Waals surface area contributed by atoms with Gasteiger partial charge in [0.25, 0.3) is 0 Å². The van der Waals surface area contributed by atoms with E-state index in [9.17, 15) is 4.79 Å². The van der Waals surface area contributed by atoms with E-state index in [0.717, 1.165) is 25.7 Å². The number of methoxy groups -OCH3 is 1. The first-order valence-electron chi connectivity index (χ1n) is 6.73. The third-order valence-corrected chi connectivity index (χ3v) is 2.91. The first-order valence-corrected chi connectivity index (χ1v) is 6.73. The molecule has 0 saturated carbocycles. The largest absolute Gasteiger partial charge is 0.462 e. The van der Waals surface area contributed by atoms with E-state index < -0.39 is 0 Å². The maximum atomic E-state index is 11.6. The van der Waals surface area contributed by atoms with E-state index in [-0.39, 0.29) is 25.0 Å². The molecule has 0 saturated heterocycles. The quantitative estimate of drug-likeness (QED) is 0.431. The summed E-state index contributed by atoms with van der Waals surface area (Å²) in [5.74, 6) is -0.0887. The number of ether oxygens (including phenoxy) is 3. The number of hydrogen-bond acceptors (Lipinski definition) is 4. The van der Waals surface area contributed by atoms with Gasteiger partial charge in [-0.15, -0.1) is 0 Å². The normalized spacial score (nSPS) is 27.6. The highest BCUT2D eigenvalue weighted by Crippen LogP contribution is 2.16. The lowest BCUT2D eigenvalue weighted by atomic mass is 10.0. The Balaban J connectivity index is 2.60. The second kappa shape index (κ2) is 9.11. The molecule has 0 unspecified atom stereocenters. The lowest BCUT2D eigenvalue weighted by Gasteiger charge is -2.22. The van der Waals surface area contributed by atoms with Crippen LogP contribution >= 0.6 is 0 Å². The fourth-order valence-corrected chi connectivity index (χ4v) is 2.02. The standard InChI is InChI=1S/C14H24O4/c1-3-7-13-10-12(17-11-16-2)8-5-4-6-9-14(15)18-13/h5,8,12-13H,3-4,6-7,9-11H2,1-2H3/b8-5+/t12-,13-/m1/s1. The maximum absolute atomic E-state index is 11.6. The van der Waals surface area contributed by atoms with Gasteiger partial charge in [0.15, 0.2) is 0 Å². The lowest BCUT2D eigenvalue weighted by Crippen LogP contribution is -2.25. The van der Waals surface area contributed by atoms with Crippen molar-refractivity contribution in [2.24, 2.45) is 0 Å². The Bertz CT molecular complexity index is 263. The highest BCUT2D eigenvalue weighted by atomic mass is 16.7. The molecule has 2 atom stereocenters. The predicted molar refractivity (Wildman–Crippen MR) is 69.1 cm³/mol. The third-order valence-electron chi connectivity index (χ3n) is 2.91. The Kier molecular flexibility index (Phi) is 7.69. The predicted octanol–water partition coefficient (Wildman–Crippen LogP) is 2.82. The van der Waals surface area contributed by atoms with Gasteiger partial charge in [0.05, 0.1) is 6.10 Å². The molecule has 0 N–H and O–H groups in total. The van der Waals surface area contributed by atoms with Crippen LogP contribution in [0.4, 0.5) is 0 Å². The molecule has 1 heterocycles. The summed E-state index contributed by atoms with van der Waals surface area (Å²) < 4.78 is 16.0. The Morgan fingerprint density at radius 2 is 2.33 bits per heavy atom. The molecule has 0 amide bonds. The molecule has 0 radical (unpaired) electrons.